The largest absolute Gasteiger partial charge is 0.390 e. The Hall–Kier alpha value is -0.490. The summed E-state index contributed by atoms with van der Waals surface area (Å²) < 4.78 is 25.3. The van der Waals surface area contributed by atoms with Gasteiger partial charge in [0.05, 0.1) is 11.7 Å². The minimum atomic E-state index is -0.745. The molecule has 0 aromatic heterocycles. The van der Waals surface area contributed by atoms with Crippen molar-refractivity contribution in [2.45, 2.75) is 31.0 Å². The van der Waals surface area contributed by atoms with Crippen molar-refractivity contribution in [1.29, 1.82) is 0 Å². The van der Waals surface area contributed by atoms with Crippen LogP contribution in [0.2, 0.25) is 0 Å². The lowest BCUT2D eigenvalue weighted by Gasteiger charge is -2.39. The summed E-state index contributed by atoms with van der Waals surface area (Å²) in [6.07, 6.45) is 0.741. The van der Waals surface area contributed by atoms with Gasteiger partial charge in [0.2, 0.25) is 0 Å². The van der Waals surface area contributed by atoms with Crippen molar-refractivity contribution in [2.24, 2.45) is 0 Å². The van der Waals surface area contributed by atoms with Gasteiger partial charge >= 0.3 is 0 Å². The number of rotatable bonds is 4. The van der Waals surface area contributed by atoms with Crippen LogP contribution in [-0.4, -0.2) is 37.1 Å². The van der Waals surface area contributed by atoms with E-state index in [0.717, 1.165) is 4.47 Å². The van der Waals surface area contributed by atoms with Crippen molar-refractivity contribution in [1.82, 2.24) is 0 Å². The third kappa shape index (κ3) is 3.34. The van der Waals surface area contributed by atoms with Crippen molar-refractivity contribution < 1.29 is 19.0 Å². The van der Waals surface area contributed by atoms with E-state index in [2.05, 4.69) is 15.9 Å². The van der Waals surface area contributed by atoms with Crippen molar-refractivity contribution in [3.63, 3.8) is 0 Å². The number of halogens is 2. The molecule has 0 radical (unpaired) electrons. The predicted octanol–water partition coefficient (Wildman–Crippen LogP) is 2.69. The van der Waals surface area contributed by atoms with Gasteiger partial charge in [-0.3, -0.25) is 0 Å². The molecule has 1 saturated heterocycles. The molecule has 0 aliphatic carbocycles. The van der Waals surface area contributed by atoms with E-state index in [9.17, 15) is 9.50 Å². The molecule has 1 fully saturated rings. The molecule has 1 aliphatic heterocycles. The number of aliphatic hydroxyl groups is 1. The summed E-state index contributed by atoms with van der Waals surface area (Å²) in [5.41, 5.74) is -0.141. The molecule has 0 spiro atoms. The fourth-order valence-electron chi connectivity index (χ4n) is 2.48. The summed E-state index contributed by atoms with van der Waals surface area (Å²) >= 11 is 3.31. The van der Waals surface area contributed by atoms with Crippen molar-refractivity contribution in [2.75, 3.05) is 20.3 Å². The maximum atomic E-state index is 13.7. The number of ether oxygens (including phenoxy) is 2. The SMILES string of the molecule is COC1(C(O)Cc2cc(Br)ccc2F)CCOCC1. The van der Waals surface area contributed by atoms with Gasteiger partial charge in [-0.1, -0.05) is 15.9 Å². The molecule has 1 aromatic rings. The summed E-state index contributed by atoms with van der Waals surface area (Å²) in [6, 6.07) is 4.74. The fraction of sp³-hybridized carbons (Fsp3) is 0.571. The van der Waals surface area contributed by atoms with Gasteiger partial charge in [0.1, 0.15) is 5.82 Å². The molecule has 1 unspecified atom stereocenters. The van der Waals surface area contributed by atoms with E-state index in [0.29, 0.717) is 31.6 Å². The summed E-state index contributed by atoms with van der Waals surface area (Å²) in [6.45, 7) is 1.12. The van der Waals surface area contributed by atoms with E-state index >= 15 is 0 Å². The molecule has 1 atom stereocenters. The first-order valence-corrected chi connectivity index (χ1v) is 7.11. The molecule has 1 heterocycles. The lowest BCUT2D eigenvalue weighted by atomic mass is 9.84. The Morgan fingerprint density at radius 1 is 1.47 bits per heavy atom. The molecular formula is C14H18BrFO3. The number of hydrogen-bond donors (Lipinski definition) is 1. The molecule has 19 heavy (non-hydrogen) atoms. The highest BCUT2D eigenvalue weighted by Crippen LogP contribution is 2.31. The van der Waals surface area contributed by atoms with Gasteiger partial charge < -0.3 is 14.6 Å². The predicted molar refractivity (Wildman–Crippen MR) is 73.6 cm³/mol. The van der Waals surface area contributed by atoms with E-state index in [1.807, 2.05) is 0 Å². The third-order valence-electron chi connectivity index (χ3n) is 3.77. The molecule has 1 N–H and O–H groups in total. The van der Waals surface area contributed by atoms with Crippen LogP contribution >= 0.6 is 15.9 Å². The van der Waals surface area contributed by atoms with Crippen LogP contribution in [0, 0.1) is 5.82 Å². The van der Waals surface area contributed by atoms with Crippen LogP contribution in [-0.2, 0) is 15.9 Å². The van der Waals surface area contributed by atoms with Gasteiger partial charge in [0.25, 0.3) is 0 Å². The van der Waals surface area contributed by atoms with Gasteiger partial charge in [-0.25, -0.2) is 4.39 Å². The maximum Gasteiger partial charge on any atom is 0.126 e. The Morgan fingerprint density at radius 2 is 2.16 bits per heavy atom. The summed E-state index contributed by atoms with van der Waals surface area (Å²) in [5, 5.41) is 10.4. The first-order chi connectivity index (χ1) is 9.07. The van der Waals surface area contributed by atoms with Crippen LogP contribution in [0.5, 0.6) is 0 Å². The molecule has 0 saturated carbocycles. The number of aliphatic hydroxyl groups excluding tert-OH is 1. The van der Waals surface area contributed by atoms with Gasteiger partial charge in [-0.2, -0.15) is 0 Å². The van der Waals surface area contributed by atoms with E-state index in [1.165, 1.54) is 6.07 Å². The number of benzene rings is 1. The second kappa shape index (κ2) is 6.31. The Labute approximate surface area is 120 Å². The first kappa shape index (κ1) is 14.9. The van der Waals surface area contributed by atoms with Gasteiger partial charge in [-0.15, -0.1) is 0 Å². The zero-order valence-corrected chi connectivity index (χ0v) is 12.5. The minimum absolute atomic E-state index is 0.235. The van der Waals surface area contributed by atoms with Crippen molar-refractivity contribution in [3.8, 4) is 0 Å². The fourth-order valence-corrected chi connectivity index (χ4v) is 2.89. The molecule has 5 heteroatoms. The van der Waals surface area contributed by atoms with Crippen LogP contribution < -0.4 is 0 Å². The quantitative estimate of drug-likeness (QED) is 0.921. The average molecular weight is 333 g/mol. The van der Waals surface area contributed by atoms with E-state index < -0.39 is 11.7 Å². The Bertz CT molecular complexity index is 433. The van der Waals surface area contributed by atoms with Gasteiger partial charge in [0.15, 0.2) is 0 Å². The Kier molecular flexibility index (Phi) is 4.95. The molecule has 1 aliphatic rings. The molecule has 2 rings (SSSR count). The smallest absolute Gasteiger partial charge is 0.126 e. The Balaban J connectivity index is 2.14. The maximum absolute atomic E-state index is 13.7. The Morgan fingerprint density at radius 3 is 2.79 bits per heavy atom. The van der Waals surface area contributed by atoms with Crippen LogP contribution in [0.15, 0.2) is 22.7 Å². The highest BCUT2D eigenvalue weighted by molar-refractivity contribution is 9.10. The standard InChI is InChI=1S/C14H18BrFO3/c1-18-14(4-6-19-7-5-14)13(17)9-10-8-11(15)2-3-12(10)16/h2-3,8,13,17H,4-7,9H2,1H3. The summed E-state index contributed by atoms with van der Waals surface area (Å²) in [4.78, 5) is 0. The number of hydrogen-bond acceptors (Lipinski definition) is 3. The van der Waals surface area contributed by atoms with Crippen molar-refractivity contribution in [3.05, 3.63) is 34.1 Å². The normalized spacial score (nSPS) is 20.2. The second-order valence-electron chi connectivity index (χ2n) is 4.84. The van der Waals surface area contributed by atoms with E-state index in [4.69, 9.17) is 9.47 Å². The third-order valence-corrected chi connectivity index (χ3v) is 4.27. The van der Waals surface area contributed by atoms with Gasteiger partial charge in [0, 0.05) is 44.1 Å². The molecule has 3 nitrogen and oxygen atoms in total. The summed E-state index contributed by atoms with van der Waals surface area (Å²) in [7, 11) is 1.59. The molecule has 106 valence electrons. The zero-order valence-electron chi connectivity index (χ0n) is 10.9. The first-order valence-electron chi connectivity index (χ1n) is 6.32. The lowest BCUT2D eigenvalue weighted by Crippen LogP contribution is -2.49. The summed E-state index contributed by atoms with van der Waals surface area (Å²) in [5.74, 6) is -0.305. The zero-order chi connectivity index (χ0) is 13.9. The second-order valence-corrected chi connectivity index (χ2v) is 5.75. The van der Waals surface area contributed by atoms with Gasteiger partial charge in [-0.05, 0) is 23.8 Å². The monoisotopic (exact) mass is 332 g/mol. The van der Waals surface area contributed by atoms with Crippen molar-refractivity contribution >= 4 is 15.9 Å². The van der Waals surface area contributed by atoms with Crippen LogP contribution in [0.1, 0.15) is 18.4 Å². The van der Waals surface area contributed by atoms with E-state index in [-0.39, 0.29) is 12.2 Å². The molecule has 1 aromatic carbocycles. The lowest BCUT2D eigenvalue weighted by molar-refractivity contribution is -0.151. The molecule has 0 bridgehead atoms. The van der Waals surface area contributed by atoms with Crippen LogP contribution in [0.4, 0.5) is 4.39 Å². The van der Waals surface area contributed by atoms with Crippen LogP contribution in [0.3, 0.4) is 0 Å². The average Bonchev–Trinajstić information content (AvgIpc) is 2.43. The van der Waals surface area contributed by atoms with Crippen LogP contribution in [0.25, 0.3) is 0 Å². The van der Waals surface area contributed by atoms with E-state index in [1.54, 1.807) is 19.2 Å². The minimum Gasteiger partial charge on any atom is -0.390 e. The molecular weight excluding hydrogens is 315 g/mol. The topological polar surface area (TPSA) is 38.7 Å². The number of methoxy groups -OCH3 is 1. The molecule has 0 amide bonds. The highest BCUT2D eigenvalue weighted by atomic mass is 79.9. The highest BCUT2D eigenvalue weighted by Gasteiger charge is 2.40.